The molecular weight excluding hydrogens is 414 g/mol. The number of benzene rings is 2. The van der Waals surface area contributed by atoms with Crippen LogP contribution in [0.4, 0.5) is 0 Å². The first-order chi connectivity index (χ1) is 14.8. The zero-order chi connectivity index (χ0) is 22.4. The first-order valence-electron chi connectivity index (χ1n) is 9.94. The maximum atomic E-state index is 12.3. The zero-order valence-electron chi connectivity index (χ0n) is 17.8. The van der Waals surface area contributed by atoms with Gasteiger partial charge in [-0.3, -0.25) is 9.48 Å². The zero-order valence-corrected chi connectivity index (χ0v) is 18.6. The molecule has 0 aliphatic rings. The molecular formula is C23H26ClN5O2. The van der Waals surface area contributed by atoms with Crippen molar-refractivity contribution in [1.29, 1.82) is 0 Å². The summed E-state index contributed by atoms with van der Waals surface area (Å²) in [7, 11) is 0. The molecule has 0 spiro atoms. The summed E-state index contributed by atoms with van der Waals surface area (Å²) in [5.74, 6) is -0.115. The van der Waals surface area contributed by atoms with Crippen molar-refractivity contribution in [2.24, 2.45) is 10.9 Å². The van der Waals surface area contributed by atoms with Crippen LogP contribution in [0, 0.1) is 13.8 Å². The number of nitrogens with one attached hydrogen (secondary N) is 1. The summed E-state index contributed by atoms with van der Waals surface area (Å²) in [5, 5.41) is 11.8. The van der Waals surface area contributed by atoms with Crippen molar-refractivity contribution < 1.29 is 9.63 Å². The maximum Gasteiger partial charge on any atom is 0.263 e. The third-order valence-electron chi connectivity index (χ3n) is 4.75. The fraction of sp³-hybridized carbons (Fsp3) is 0.261. The van der Waals surface area contributed by atoms with Gasteiger partial charge in [-0.15, -0.1) is 0 Å². The molecule has 1 amide bonds. The van der Waals surface area contributed by atoms with Crippen molar-refractivity contribution in [2.45, 2.75) is 40.0 Å². The smallest absolute Gasteiger partial charge is 0.263 e. The average molecular weight is 440 g/mol. The largest absolute Gasteiger partial charge is 0.381 e. The van der Waals surface area contributed by atoms with Crippen molar-refractivity contribution in [1.82, 2.24) is 15.1 Å². The Balaban J connectivity index is 1.58. The summed E-state index contributed by atoms with van der Waals surface area (Å²) in [5.41, 5.74) is 10.7. The van der Waals surface area contributed by atoms with Crippen LogP contribution in [0.1, 0.15) is 35.0 Å². The van der Waals surface area contributed by atoms with Gasteiger partial charge in [0.25, 0.3) is 5.91 Å². The van der Waals surface area contributed by atoms with Crippen LogP contribution in [0.3, 0.4) is 0 Å². The molecule has 0 fully saturated rings. The Morgan fingerprint density at radius 2 is 2.00 bits per heavy atom. The molecule has 3 rings (SSSR count). The van der Waals surface area contributed by atoms with E-state index in [1.54, 1.807) is 13.0 Å². The van der Waals surface area contributed by atoms with E-state index in [4.69, 9.17) is 22.2 Å². The lowest BCUT2D eigenvalue weighted by atomic mass is 10.1. The van der Waals surface area contributed by atoms with E-state index in [1.165, 1.54) is 0 Å². The van der Waals surface area contributed by atoms with E-state index in [1.807, 2.05) is 67.1 Å². The lowest BCUT2D eigenvalue weighted by molar-refractivity contribution is -0.131. The van der Waals surface area contributed by atoms with E-state index < -0.39 is 6.10 Å². The van der Waals surface area contributed by atoms with Crippen LogP contribution in [0.15, 0.2) is 59.8 Å². The lowest BCUT2D eigenvalue weighted by Gasteiger charge is -2.12. The predicted octanol–water partition coefficient (Wildman–Crippen LogP) is 3.54. The van der Waals surface area contributed by atoms with Gasteiger partial charge >= 0.3 is 0 Å². The molecule has 0 bridgehead atoms. The molecule has 1 aromatic heterocycles. The fourth-order valence-corrected chi connectivity index (χ4v) is 3.24. The highest BCUT2D eigenvalue weighted by molar-refractivity contribution is 6.31. The molecule has 0 saturated carbocycles. The van der Waals surface area contributed by atoms with Crippen LogP contribution >= 0.6 is 11.6 Å². The van der Waals surface area contributed by atoms with Crippen molar-refractivity contribution in [3.05, 3.63) is 87.7 Å². The van der Waals surface area contributed by atoms with Gasteiger partial charge in [-0.2, -0.15) is 5.10 Å². The topological polar surface area (TPSA) is 94.5 Å². The Kier molecular flexibility index (Phi) is 7.31. The molecule has 162 valence electrons. The highest BCUT2D eigenvalue weighted by Crippen LogP contribution is 2.14. The second-order valence-electron chi connectivity index (χ2n) is 7.32. The molecule has 3 N–H and O–H groups in total. The van der Waals surface area contributed by atoms with Crippen molar-refractivity contribution >= 4 is 23.3 Å². The van der Waals surface area contributed by atoms with Gasteiger partial charge in [0.15, 0.2) is 5.84 Å². The molecule has 1 heterocycles. The maximum absolute atomic E-state index is 12.3. The molecule has 0 radical (unpaired) electrons. The molecule has 3 aromatic rings. The van der Waals surface area contributed by atoms with Crippen molar-refractivity contribution in [3.8, 4) is 0 Å². The van der Waals surface area contributed by atoms with Crippen LogP contribution in [0.25, 0.3) is 0 Å². The summed E-state index contributed by atoms with van der Waals surface area (Å²) in [4.78, 5) is 17.6. The normalized spacial score (nSPS) is 12.5. The van der Waals surface area contributed by atoms with E-state index in [2.05, 4.69) is 15.6 Å². The summed E-state index contributed by atoms with van der Waals surface area (Å²) in [6.45, 7) is 6.53. The average Bonchev–Trinajstić information content (AvgIpc) is 3.07. The number of hydrogen-bond acceptors (Lipinski definition) is 4. The number of rotatable bonds is 8. The Morgan fingerprint density at radius 1 is 1.23 bits per heavy atom. The van der Waals surface area contributed by atoms with Gasteiger partial charge in [-0.05, 0) is 50.1 Å². The second kappa shape index (κ2) is 10.1. The molecule has 7 nitrogen and oxygen atoms in total. The third-order valence-corrected chi connectivity index (χ3v) is 5.12. The molecule has 0 aliphatic heterocycles. The van der Waals surface area contributed by atoms with Gasteiger partial charge in [0, 0.05) is 22.8 Å². The fourth-order valence-electron chi connectivity index (χ4n) is 3.04. The highest BCUT2D eigenvalue weighted by atomic mass is 35.5. The van der Waals surface area contributed by atoms with Crippen molar-refractivity contribution in [2.75, 3.05) is 0 Å². The van der Waals surface area contributed by atoms with E-state index in [9.17, 15) is 4.79 Å². The van der Waals surface area contributed by atoms with E-state index in [0.717, 1.165) is 22.5 Å². The number of aryl methyl sites for hydroxylation is 2. The summed E-state index contributed by atoms with van der Waals surface area (Å²) in [6, 6.07) is 17.0. The number of oxime groups is 1. The number of nitrogens with two attached hydrogens (primary N) is 1. The number of halogens is 1. The molecule has 31 heavy (non-hydrogen) atoms. The Morgan fingerprint density at radius 3 is 2.71 bits per heavy atom. The molecule has 1 unspecified atom stereocenters. The van der Waals surface area contributed by atoms with E-state index in [-0.39, 0.29) is 11.7 Å². The predicted molar refractivity (Wildman–Crippen MR) is 122 cm³/mol. The number of amides is 1. The third kappa shape index (κ3) is 6.08. The Bertz CT molecular complexity index is 1090. The van der Waals surface area contributed by atoms with Crippen LogP contribution in [0.5, 0.6) is 0 Å². The summed E-state index contributed by atoms with van der Waals surface area (Å²) in [6.07, 6.45) is -0.807. The van der Waals surface area contributed by atoms with E-state index in [0.29, 0.717) is 23.7 Å². The number of amidine groups is 1. The Labute approximate surface area is 186 Å². The number of carbonyl (C=O) groups excluding carboxylic acids is 1. The first kappa shape index (κ1) is 22.4. The van der Waals surface area contributed by atoms with Gasteiger partial charge < -0.3 is 15.9 Å². The number of carbonyl (C=O) groups is 1. The second-order valence-corrected chi connectivity index (χ2v) is 7.73. The molecule has 2 aromatic carbocycles. The minimum Gasteiger partial charge on any atom is -0.381 e. The number of nitrogens with zero attached hydrogens (tertiary/aromatic N) is 3. The summed E-state index contributed by atoms with van der Waals surface area (Å²) >= 11 is 6.11. The highest BCUT2D eigenvalue weighted by Gasteiger charge is 2.15. The molecule has 0 saturated heterocycles. The first-order valence-corrected chi connectivity index (χ1v) is 10.3. The molecule has 1 atom stereocenters. The monoisotopic (exact) mass is 439 g/mol. The van der Waals surface area contributed by atoms with Gasteiger partial charge in [0.2, 0.25) is 6.10 Å². The van der Waals surface area contributed by atoms with Crippen molar-refractivity contribution in [3.63, 3.8) is 0 Å². The molecule has 8 heteroatoms. The van der Waals surface area contributed by atoms with Crippen LogP contribution in [0.2, 0.25) is 5.02 Å². The van der Waals surface area contributed by atoms with Crippen LogP contribution < -0.4 is 11.1 Å². The van der Waals surface area contributed by atoms with Gasteiger partial charge in [-0.25, -0.2) is 0 Å². The lowest BCUT2D eigenvalue weighted by Crippen LogP contribution is -2.33. The quantitative estimate of drug-likeness (QED) is 0.319. The van der Waals surface area contributed by atoms with Crippen LogP contribution in [-0.2, 0) is 22.7 Å². The van der Waals surface area contributed by atoms with Gasteiger partial charge in [0.05, 0.1) is 12.2 Å². The molecule has 0 aliphatic carbocycles. The summed E-state index contributed by atoms with van der Waals surface area (Å²) < 4.78 is 1.93. The minimum absolute atomic E-state index is 0.195. The van der Waals surface area contributed by atoms with Gasteiger partial charge in [-0.1, -0.05) is 53.2 Å². The Hall–Kier alpha value is -3.32. The SMILES string of the molecule is Cc1cc(C)n(Cc2cccc(C(N)=NOC(C)C(=O)NCc3ccccc3Cl)c2)n1. The van der Waals surface area contributed by atoms with Crippen LogP contribution in [-0.4, -0.2) is 27.6 Å². The minimum atomic E-state index is -0.807. The number of aromatic nitrogens is 2. The van der Waals surface area contributed by atoms with E-state index >= 15 is 0 Å². The van der Waals surface area contributed by atoms with Gasteiger partial charge in [0.1, 0.15) is 0 Å². The standard InChI is InChI=1S/C23H26ClN5O2/c1-15-11-16(2)29(27-15)14-18-7-6-9-19(12-18)22(25)28-31-17(3)23(30)26-13-20-8-4-5-10-21(20)24/h4-12,17H,13-14H2,1-3H3,(H2,25,28)(H,26,30). The number of hydrogen-bond donors (Lipinski definition) is 2.